The Kier molecular flexibility index (Phi) is 4.73. The summed E-state index contributed by atoms with van der Waals surface area (Å²) in [6, 6.07) is 7.88. The Morgan fingerprint density at radius 3 is 2.86 bits per heavy atom. The average molecular weight is 324 g/mol. The summed E-state index contributed by atoms with van der Waals surface area (Å²) >= 11 is 7.55. The van der Waals surface area contributed by atoms with Gasteiger partial charge < -0.3 is 9.64 Å². The third-order valence-corrected chi connectivity index (χ3v) is 4.90. The van der Waals surface area contributed by atoms with Gasteiger partial charge in [-0.05, 0) is 24.1 Å². The van der Waals surface area contributed by atoms with Gasteiger partial charge in [0.05, 0.1) is 6.61 Å². The number of benzene rings is 1. The predicted octanol–water partition coefficient (Wildman–Crippen LogP) is 3.26. The van der Waals surface area contributed by atoms with Crippen molar-refractivity contribution in [2.75, 3.05) is 31.7 Å². The number of hydrogen-bond donors (Lipinski definition) is 0. The lowest BCUT2D eigenvalue weighted by atomic mass is 10.1. The van der Waals surface area contributed by atoms with E-state index in [0.29, 0.717) is 5.92 Å². The number of ether oxygens (including phenoxy) is 1. The van der Waals surface area contributed by atoms with E-state index in [0.717, 1.165) is 47.8 Å². The van der Waals surface area contributed by atoms with Gasteiger partial charge in [-0.2, -0.15) is 0 Å². The molecule has 2 aromatic rings. The van der Waals surface area contributed by atoms with Crippen molar-refractivity contribution in [1.29, 1.82) is 0 Å². The highest BCUT2D eigenvalue weighted by molar-refractivity contribution is 7.15. The molecule has 1 aromatic heterocycles. The molecule has 1 aromatic carbocycles. The van der Waals surface area contributed by atoms with E-state index in [1.54, 1.807) is 11.3 Å². The second kappa shape index (κ2) is 6.73. The van der Waals surface area contributed by atoms with Gasteiger partial charge in [0.25, 0.3) is 0 Å². The first-order valence-electron chi connectivity index (χ1n) is 7.06. The van der Waals surface area contributed by atoms with Crippen molar-refractivity contribution in [3.8, 4) is 0 Å². The molecule has 0 radical (unpaired) electrons. The Morgan fingerprint density at radius 1 is 1.33 bits per heavy atom. The van der Waals surface area contributed by atoms with E-state index in [-0.39, 0.29) is 0 Å². The maximum absolute atomic E-state index is 5.90. The van der Waals surface area contributed by atoms with Crippen LogP contribution in [0.2, 0.25) is 5.02 Å². The molecular weight excluding hydrogens is 306 g/mol. The Morgan fingerprint density at radius 2 is 2.14 bits per heavy atom. The van der Waals surface area contributed by atoms with Crippen LogP contribution in [0.3, 0.4) is 0 Å². The summed E-state index contributed by atoms with van der Waals surface area (Å²) in [6.07, 6.45) is 1.94. The summed E-state index contributed by atoms with van der Waals surface area (Å²) in [5.74, 6) is 0.610. The number of nitrogens with zero attached hydrogens (tertiary/aromatic N) is 3. The van der Waals surface area contributed by atoms with Gasteiger partial charge in [-0.1, -0.05) is 35.1 Å². The lowest BCUT2D eigenvalue weighted by Gasteiger charge is -2.18. The van der Waals surface area contributed by atoms with Gasteiger partial charge >= 0.3 is 0 Å². The van der Waals surface area contributed by atoms with Gasteiger partial charge in [-0.3, -0.25) is 0 Å². The van der Waals surface area contributed by atoms with Crippen molar-refractivity contribution >= 4 is 28.1 Å². The molecule has 1 atom stereocenters. The van der Waals surface area contributed by atoms with Crippen molar-refractivity contribution in [2.24, 2.45) is 5.92 Å². The third-order valence-electron chi connectivity index (χ3n) is 3.61. The molecule has 4 nitrogen and oxygen atoms in total. The van der Waals surface area contributed by atoms with Crippen LogP contribution in [0.15, 0.2) is 24.3 Å². The highest BCUT2D eigenvalue weighted by atomic mass is 35.5. The van der Waals surface area contributed by atoms with Crippen molar-refractivity contribution in [3.05, 3.63) is 39.9 Å². The highest BCUT2D eigenvalue weighted by Gasteiger charge is 2.19. The topological polar surface area (TPSA) is 38.2 Å². The van der Waals surface area contributed by atoms with Crippen molar-refractivity contribution in [3.63, 3.8) is 0 Å². The minimum absolute atomic E-state index is 0.610. The lowest BCUT2D eigenvalue weighted by Crippen LogP contribution is -2.25. The molecule has 0 bridgehead atoms. The van der Waals surface area contributed by atoms with Crippen LogP contribution in [-0.2, 0) is 11.2 Å². The molecule has 1 aliphatic rings. The predicted molar refractivity (Wildman–Crippen MR) is 86.4 cm³/mol. The fourth-order valence-electron chi connectivity index (χ4n) is 2.44. The van der Waals surface area contributed by atoms with Crippen LogP contribution >= 0.6 is 22.9 Å². The Labute approximate surface area is 133 Å². The quantitative estimate of drug-likeness (QED) is 0.846. The second-order valence-electron chi connectivity index (χ2n) is 5.39. The van der Waals surface area contributed by atoms with E-state index in [4.69, 9.17) is 16.3 Å². The highest BCUT2D eigenvalue weighted by Crippen LogP contribution is 2.24. The van der Waals surface area contributed by atoms with Gasteiger partial charge in [0.1, 0.15) is 5.01 Å². The zero-order valence-corrected chi connectivity index (χ0v) is 13.5. The monoisotopic (exact) mass is 323 g/mol. The molecule has 0 N–H and O–H groups in total. The van der Waals surface area contributed by atoms with Crippen LogP contribution in [0.25, 0.3) is 0 Å². The third kappa shape index (κ3) is 3.93. The molecule has 6 heteroatoms. The van der Waals surface area contributed by atoms with Crippen LogP contribution < -0.4 is 4.90 Å². The fourth-order valence-corrected chi connectivity index (χ4v) is 3.41. The van der Waals surface area contributed by atoms with Gasteiger partial charge in [0.15, 0.2) is 0 Å². The van der Waals surface area contributed by atoms with Crippen LogP contribution in [-0.4, -0.2) is 37.0 Å². The average Bonchev–Trinajstić information content (AvgIpc) is 3.13. The van der Waals surface area contributed by atoms with E-state index in [9.17, 15) is 0 Å². The van der Waals surface area contributed by atoms with E-state index < -0.39 is 0 Å². The van der Waals surface area contributed by atoms with E-state index in [1.807, 2.05) is 24.3 Å². The molecule has 112 valence electrons. The normalized spacial score (nSPS) is 18.1. The molecule has 1 aliphatic heterocycles. The van der Waals surface area contributed by atoms with E-state index >= 15 is 0 Å². The van der Waals surface area contributed by atoms with Gasteiger partial charge in [-0.15, -0.1) is 10.2 Å². The van der Waals surface area contributed by atoms with Gasteiger partial charge in [0, 0.05) is 37.6 Å². The molecule has 1 unspecified atom stereocenters. The molecule has 21 heavy (non-hydrogen) atoms. The van der Waals surface area contributed by atoms with Crippen LogP contribution in [0.4, 0.5) is 5.13 Å². The number of aromatic nitrogens is 2. The molecule has 0 spiro atoms. The molecule has 0 saturated carbocycles. The Balaban J connectivity index is 1.61. The SMILES string of the molecule is CN(CC1CCOC1)c1nnc(Cc2ccc(Cl)cc2)s1. The minimum atomic E-state index is 0.610. The first-order chi connectivity index (χ1) is 10.2. The van der Waals surface area contributed by atoms with Crippen molar-refractivity contribution in [2.45, 2.75) is 12.8 Å². The molecular formula is C15H18ClN3OS. The first kappa shape index (κ1) is 14.8. The smallest absolute Gasteiger partial charge is 0.208 e. The Hall–Kier alpha value is -1.17. The van der Waals surface area contributed by atoms with E-state index in [2.05, 4.69) is 22.1 Å². The first-order valence-corrected chi connectivity index (χ1v) is 8.26. The van der Waals surface area contributed by atoms with Gasteiger partial charge in [-0.25, -0.2) is 0 Å². The molecule has 1 saturated heterocycles. The summed E-state index contributed by atoms with van der Waals surface area (Å²) in [5, 5.41) is 11.4. The Bertz CT molecular complexity index is 581. The molecule has 3 rings (SSSR count). The second-order valence-corrected chi connectivity index (χ2v) is 6.87. The fraction of sp³-hybridized carbons (Fsp3) is 0.467. The lowest BCUT2D eigenvalue weighted by molar-refractivity contribution is 0.186. The van der Waals surface area contributed by atoms with E-state index in [1.165, 1.54) is 5.56 Å². The maximum atomic E-state index is 5.90. The van der Waals surface area contributed by atoms with Crippen LogP contribution in [0, 0.1) is 5.92 Å². The molecule has 0 amide bonds. The summed E-state index contributed by atoms with van der Waals surface area (Å²) in [5.41, 5.74) is 1.20. The van der Waals surface area contributed by atoms with Crippen molar-refractivity contribution < 1.29 is 4.74 Å². The summed E-state index contributed by atoms with van der Waals surface area (Å²) in [4.78, 5) is 2.18. The number of rotatable bonds is 5. The minimum Gasteiger partial charge on any atom is -0.381 e. The van der Waals surface area contributed by atoms with Crippen LogP contribution in [0.5, 0.6) is 0 Å². The molecule has 2 heterocycles. The van der Waals surface area contributed by atoms with Gasteiger partial charge in [0.2, 0.25) is 5.13 Å². The summed E-state index contributed by atoms with van der Waals surface area (Å²) in [7, 11) is 2.07. The van der Waals surface area contributed by atoms with Crippen molar-refractivity contribution in [1.82, 2.24) is 10.2 Å². The zero-order chi connectivity index (χ0) is 14.7. The summed E-state index contributed by atoms with van der Waals surface area (Å²) in [6.45, 7) is 2.73. The number of hydrogen-bond acceptors (Lipinski definition) is 5. The number of halogens is 1. The largest absolute Gasteiger partial charge is 0.381 e. The zero-order valence-electron chi connectivity index (χ0n) is 12.0. The number of anilines is 1. The maximum Gasteiger partial charge on any atom is 0.208 e. The molecule has 0 aliphatic carbocycles. The molecule has 1 fully saturated rings. The van der Waals surface area contributed by atoms with Crippen LogP contribution in [0.1, 0.15) is 17.0 Å². The standard InChI is InChI=1S/C15H18ClN3OS/c1-19(9-12-6-7-20-10-12)15-18-17-14(21-15)8-11-2-4-13(16)5-3-11/h2-5,12H,6-10H2,1H3. The summed E-state index contributed by atoms with van der Waals surface area (Å²) < 4.78 is 5.42.